The fraction of sp³-hybridized carbons (Fsp3) is 0.211. The lowest BCUT2D eigenvalue weighted by Gasteiger charge is -2.35. The second kappa shape index (κ2) is 8.08. The maximum absolute atomic E-state index is 13.5. The maximum atomic E-state index is 13.5. The van der Waals surface area contributed by atoms with Crippen molar-refractivity contribution < 1.29 is 22.7 Å². The fourth-order valence-electron chi connectivity index (χ4n) is 3.11. The maximum Gasteiger partial charge on any atom is 0.427 e. The zero-order valence-corrected chi connectivity index (χ0v) is 16.7. The number of alkyl halides is 3. The van der Waals surface area contributed by atoms with Gasteiger partial charge >= 0.3 is 12.2 Å². The predicted octanol–water partition coefficient (Wildman–Crippen LogP) is 2.47. The molecule has 2 amide bonds. The summed E-state index contributed by atoms with van der Waals surface area (Å²) in [7, 11) is 0. The number of ether oxygens (including phenoxy) is 1. The Kier molecular flexibility index (Phi) is 5.27. The highest BCUT2D eigenvalue weighted by Gasteiger charge is 2.47. The fourth-order valence-corrected chi connectivity index (χ4v) is 3.11. The number of urea groups is 1. The summed E-state index contributed by atoms with van der Waals surface area (Å²) in [6, 6.07) is 3.98. The highest BCUT2D eigenvalue weighted by Crippen LogP contribution is 2.40. The van der Waals surface area contributed by atoms with Crippen LogP contribution in [0.5, 0.6) is 5.75 Å². The largest absolute Gasteiger partial charge is 0.475 e. The molecule has 33 heavy (non-hydrogen) atoms. The van der Waals surface area contributed by atoms with Crippen LogP contribution in [0.25, 0.3) is 5.82 Å². The number of hydrogen-bond donors (Lipinski definition) is 1. The van der Waals surface area contributed by atoms with E-state index >= 15 is 0 Å². The number of pyridine rings is 2. The molecule has 1 N–H and O–H groups in total. The Morgan fingerprint density at radius 3 is 2.58 bits per heavy atom. The molecule has 0 saturated carbocycles. The summed E-state index contributed by atoms with van der Waals surface area (Å²) in [5.41, 5.74) is -0.0805. The molecule has 4 rings (SSSR count). The lowest BCUT2D eigenvalue weighted by molar-refractivity contribution is -0.193. The lowest BCUT2D eigenvalue weighted by Crippen LogP contribution is -2.51. The van der Waals surface area contributed by atoms with Crippen LogP contribution < -0.4 is 15.0 Å². The second-order valence-electron chi connectivity index (χ2n) is 6.76. The molecule has 14 heteroatoms. The van der Waals surface area contributed by atoms with E-state index < -0.39 is 24.9 Å². The van der Waals surface area contributed by atoms with Gasteiger partial charge in [-0.2, -0.15) is 33.9 Å². The Labute approximate surface area is 183 Å². The van der Waals surface area contributed by atoms with Gasteiger partial charge in [-0.25, -0.2) is 9.78 Å². The third kappa shape index (κ3) is 3.97. The van der Waals surface area contributed by atoms with Crippen LogP contribution in [0.1, 0.15) is 16.8 Å². The normalized spacial score (nSPS) is 15.1. The second-order valence-corrected chi connectivity index (χ2v) is 6.76. The van der Waals surface area contributed by atoms with E-state index in [0.29, 0.717) is 0 Å². The van der Waals surface area contributed by atoms with Gasteiger partial charge in [0.1, 0.15) is 29.0 Å². The van der Waals surface area contributed by atoms with Crippen LogP contribution in [0, 0.1) is 29.6 Å². The van der Waals surface area contributed by atoms with Gasteiger partial charge < -0.3 is 10.1 Å². The number of aryl methyl sites for hydroxylation is 1. The molecule has 1 aliphatic heterocycles. The van der Waals surface area contributed by atoms with E-state index in [-0.39, 0.29) is 39.8 Å². The minimum absolute atomic E-state index is 0.0172. The number of hydrogen-bond acceptors (Lipinski definition) is 8. The number of nitrogens with one attached hydrogen (secondary N) is 1. The van der Waals surface area contributed by atoms with Crippen LogP contribution >= 0.6 is 0 Å². The van der Waals surface area contributed by atoms with Crippen molar-refractivity contribution in [3.8, 4) is 23.7 Å². The molecule has 3 aromatic rings. The quantitative estimate of drug-likeness (QED) is 0.620. The van der Waals surface area contributed by atoms with Crippen molar-refractivity contribution >= 4 is 17.4 Å². The number of amides is 2. The summed E-state index contributed by atoms with van der Waals surface area (Å²) in [5.74, 6) is -0.280. The molecule has 4 heterocycles. The van der Waals surface area contributed by atoms with Crippen molar-refractivity contribution in [2.45, 2.75) is 19.2 Å². The van der Waals surface area contributed by atoms with Crippen molar-refractivity contribution in [3.05, 3.63) is 47.7 Å². The van der Waals surface area contributed by atoms with Crippen molar-refractivity contribution in [2.75, 3.05) is 16.8 Å². The van der Waals surface area contributed by atoms with E-state index in [0.717, 1.165) is 15.9 Å². The summed E-state index contributed by atoms with van der Waals surface area (Å²) in [6.45, 7) is 0.570. The molecule has 166 valence electrons. The molecule has 1 atom stereocenters. The number of nitriles is 2. The van der Waals surface area contributed by atoms with Crippen molar-refractivity contribution in [1.82, 2.24) is 25.0 Å². The van der Waals surface area contributed by atoms with Crippen molar-refractivity contribution in [3.63, 3.8) is 0 Å². The number of halogens is 3. The highest BCUT2D eigenvalue weighted by molar-refractivity contribution is 6.03. The summed E-state index contributed by atoms with van der Waals surface area (Å²) in [5, 5.41) is 28.9. The van der Waals surface area contributed by atoms with Crippen LogP contribution in [0.4, 0.5) is 29.3 Å². The summed E-state index contributed by atoms with van der Waals surface area (Å²) < 4.78 is 45.5. The van der Waals surface area contributed by atoms with Crippen LogP contribution in [0.15, 0.2) is 30.9 Å². The number of fused-ring (bicyclic) bond motifs is 1. The molecule has 0 aliphatic carbocycles. The third-order valence-electron chi connectivity index (χ3n) is 4.67. The van der Waals surface area contributed by atoms with Gasteiger partial charge in [0, 0.05) is 0 Å². The Bertz CT molecular complexity index is 1310. The topological polar surface area (TPSA) is 146 Å². The van der Waals surface area contributed by atoms with E-state index in [2.05, 4.69) is 25.5 Å². The van der Waals surface area contributed by atoms with E-state index in [1.54, 1.807) is 6.07 Å². The van der Waals surface area contributed by atoms with E-state index in [1.807, 2.05) is 6.07 Å². The van der Waals surface area contributed by atoms with Gasteiger partial charge in [-0.1, -0.05) is 0 Å². The number of rotatable bonds is 2. The van der Waals surface area contributed by atoms with Crippen LogP contribution in [-0.2, 0) is 0 Å². The van der Waals surface area contributed by atoms with Crippen LogP contribution in [-0.4, -0.2) is 49.8 Å². The molecular weight excluding hydrogens is 443 g/mol. The Balaban J connectivity index is 1.68. The zero-order chi connectivity index (χ0) is 23.8. The molecule has 0 aromatic carbocycles. The van der Waals surface area contributed by atoms with E-state index in [1.165, 1.54) is 31.6 Å². The predicted molar refractivity (Wildman–Crippen MR) is 104 cm³/mol. The molecule has 0 saturated heterocycles. The van der Waals surface area contributed by atoms with Gasteiger partial charge in [0.2, 0.25) is 6.10 Å². The van der Waals surface area contributed by atoms with Gasteiger partial charge in [-0.15, -0.1) is 4.80 Å². The first-order chi connectivity index (χ1) is 15.7. The molecule has 1 aliphatic rings. The molecule has 1 unspecified atom stereocenters. The first-order valence-corrected chi connectivity index (χ1v) is 9.21. The summed E-state index contributed by atoms with van der Waals surface area (Å²) >= 11 is 0. The number of nitrogens with zero attached hydrogens (tertiary/aromatic N) is 8. The third-order valence-corrected chi connectivity index (χ3v) is 4.67. The minimum Gasteiger partial charge on any atom is -0.475 e. The average Bonchev–Trinajstić information content (AvgIpc) is 3.32. The monoisotopic (exact) mass is 455 g/mol. The molecule has 11 nitrogen and oxygen atoms in total. The standard InChI is InChI=1S/C19H12F3N9O2/c1-10-13(6-24)16-14(8-25-10)30(9-15(33-16)19(20,21)22)18(32)29-12-4-11(5-23)17(26-7-12)31-27-2-3-28-31/h2-4,7-8,15H,9H2,1H3,(H,29,32). The molecule has 3 aromatic heterocycles. The smallest absolute Gasteiger partial charge is 0.427 e. The van der Waals surface area contributed by atoms with Crippen molar-refractivity contribution in [1.29, 1.82) is 10.5 Å². The molecule has 0 spiro atoms. The molecule has 0 bridgehead atoms. The number of aromatic nitrogens is 5. The Hall–Kier alpha value is -4.72. The molecule has 0 fully saturated rings. The van der Waals surface area contributed by atoms with Gasteiger partial charge in [0.05, 0.1) is 42.7 Å². The van der Waals surface area contributed by atoms with E-state index in [9.17, 15) is 28.5 Å². The average molecular weight is 455 g/mol. The first kappa shape index (κ1) is 21.5. The van der Waals surface area contributed by atoms with Gasteiger partial charge in [-0.3, -0.25) is 9.88 Å². The number of carbonyl (C=O) groups is 1. The van der Waals surface area contributed by atoms with Crippen molar-refractivity contribution in [2.24, 2.45) is 0 Å². The lowest BCUT2D eigenvalue weighted by atomic mass is 10.1. The molecule has 0 radical (unpaired) electrons. The summed E-state index contributed by atoms with van der Waals surface area (Å²) in [4.78, 5) is 22.9. The van der Waals surface area contributed by atoms with Gasteiger partial charge in [0.25, 0.3) is 0 Å². The minimum atomic E-state index is -4.80. The van der Waals surface area contributed by atoms with Gasteiger partial charge in [-0.05, 0) is 13.0 Å². The SMILES string of the molecule is Cc1ncc2c(c1C#N)OC(C(F)(F)F)CN2C(=O)Nc1cnc(-n2nccn2)c(C#N)c1. The Morgan fingerprint density at radius 1 is 1.21 bits per heavy atom. The van der Waals surface area contributed by atoms with Crippen LogP contribution in [0.3, 0.4) is 0 Å². The van der Waals surface area contributed by atoms with Crippen LogP contribution in [0.2, 0.25) is 0 Å². The Morgan fingerprint density at radius 2 is 1.94 bits per heavy atom. The van der Waals surface area contributed by atoms with Gasteiger partial charge in [0.15, 0.2) is 11.6 Å². The number of anilines is 2. The summed E-state index contributed by atoms with van der Waals surface area (Å²) in [6.07, 6.45) is -2.02. The van der Waals surface area contributed by atoms with E-state index in [4.69, 9.17) is 4.74 Å². The first-order valence-electron chi connectivity index (χ1n) is 9.21. The number of carbonyl (C=O) groups excluding carboxylic acids is 1. The zero-order valence-electron chi connectivity index (χ0n) is 16.7. The highest BCUT2D eigenvalue weighted by atomic mass is 19.4. The molecular formula is C19H12F3N9O2.